The molecule has 3 aliphatic rings. The highest BCUT2D eigenvalue weighted by Gasteiger charge is 2.46. The van der Waals surface area contributed by atoms with Gasteiger partial charge in [-0.1, -0.05) is 0 Å². The first-order valence-electron chi connectivity index (χ1n) is 8.20. The number of hydrogen-bond donors (Lipinski definition) is 0. The Hall–Kier alpha value is -1.14. The van der Waals surface area contributed by atoms with Crippen molar-refractivity contribution >= 4 is 11.8 Å². The predicted molar refractivity (Wildman–Crippen MR) is 82.4 cm³/mol. The van der Waals surface area contributed by atoms with E-state index in [2.05, 4.69) is 18.9 Å². The van der Waals surface area contributed by atoms with Gasteiger partial charge in [0.15, 0.2) is 0 Å². The minimum absolute atomic E-state index is 0.0469. The van der Waals surface area contributed by atoms with Crippen LogP contribution in [0.1, 0.15) is 26.2 Å². The molecule has 1 unspecified atom stereocenters. The minimum Gasteiger partial charge on any atom is -0.363 e. The molecule has 0 N–H and O–H groups in total. The van der Waals surface area contributed by atoms with Crippen molar-refractivity contribution in [1.29, 1.82) is 0 Å². The van der Waals surface area contributed by atoms with Crippen LogP contribution in [0.4, 0.5) is 0 Å². The van der Waals surface area contributed by atoms with Gasteiger partial charge < -0.3 is 19.4 Å². The summed E-state index contributed by atoms with van der Waals surface area (Å²) in [5.41, 5.74) is -0.480. The van der Waals surface area contributed by atoms with Crippen LogP contribution in [0.25, 0.3) is 0 Å². The average molecular weight is 309 g/mol. The maximum Gasteiger partial charge on any atom is 0.248 e. The van der Waals surface area contributed by atoms with Crippen LogP contribution in [0.3, 0.4) is 0 Å². The molecule has 3 heterocycles. The highest BCUT2D eigenvalue weighted by molar-refractivity contribution is 5.83. The van der Waals surface area contributed by atoms with Crippen molar-refractivity contribution in [2.75, 3.05) is 53.4 Å². The van der Waals surface area contributed by atoms with Crippen molar-refractivity contribution in [3.05, 3.63) is 0 Å². The van der Waals surface area contributed by atoms with E-state index in [1.54, 1.807) is 4.90 Å². The Labute approximate surface area is 132 Å². The smallest absolute Gasteiger partial charge is 0.248 e. The molecule has 0 bridgehead atoms. The Balaban J connectivity index is 1.60. The van der Waals surface area contributed by atoms with E-state index in [0.29, 0.717) is 6.54 Å². The first-order valence-corrected chi connectivity index (χ1v) is 8.20. The molecular formula is C16H27N3O3. The first kappa shape index (κ1) is 15.7. The van der Waals surface area contributed by atoms with Gasteiger partial charge in [0, 0.05) is 33.2 Å². The highest BCUT2D eigenvalue weighted by Crippen LogP contribution is 2.35. The molecule has 0 aromatic carbocycles. The zero-order chi connectivity index (χ0) is 16.0. The number of amides is 2. The zero-order valence-corrected chi connectivity index (χ0v) is 13.9. The first-order chi connectivity index (χ1) is 10.3. The van der Waals surface area contributed by atoms with Crippen LogP contribution in [-0.2, 0) is 14.3 Å². The van der Waals surface area contributed by atoms with E-state index in [0.717, 1.165) is 45.4 Å². The van der Waals surface area contributed by atoms with E-state index >= 15 is 0 Å². The van der Waals surface area contributed by atoms with Gasteiger partial charge >= 0.3 is 0 Å². The zero-order valence-electron chi connectivity index (χ0n) is 13.9. The van der Waals surface area contributed by atoms with Crippen molar-refractivity contribution in [2.24, 2.45) is 5.41 Å². The van der Waals surface area contributed by atoms with Crippen LogP contribution in [0.2, 0.25) is 0 Å². The number of nitrogens with zero attached hydrogens (tertiary/aromatic N) is 3. The number of carbonyl (C=O) groups excluding carboxylic acids is 2. The van der Waals surface area contributed by atoms with E-state index in [4.69, 9.17) is 4.74 Å². The monoisotopic (exact) mass is 309 g/mol. The third kappa shape index (κ3) is 2.74. The standard InChI is InChI=1S/C16H27N3O3/c1-15(4-7-17(2)11-15)14(21)19-8-5-16(6-9-19)12-18(3)13(20)10-22-16/h4-12H2,1-3H3. The molecule has 22 heavy (non-hydrogen) atoms. The molecule has 2 amide bonds. The van der Waals surface area contributed by atoms with Gasteiger partial charge in [-0.05, 0) is 39.8 Å². The van der Waals surface area contributed by atoms with Crippen molar-refractivity contribution in [1.82, 2.24) is 14.7 Å². The molecule has 3 saturated heterocycles. The normalized spacial score (nSPS) is 32.8. The summed E-state index contributed by atoms with van der Waals surface area (Å²) >= 11 is 0. The fraction of sp³-hybridized carbons (Fsp3) is 0.875. The fourth-order valence-electron chi connectivity index (χ4n) is 4.06. The molecule has 3 aliphatic heterocycles. The topological polar surface area (TPSA) is 53.1 Å². The lowest BCUT2D eigenvalue weighted by atomic mass is 9.84. The third-order valence-corrected chi connectivity index (χ3v) is 5.60. The molecule has 0 aromatic rings. The number of carbonyl (C=O) groups is 2. The van der Waals surface area contributed by atoms with Crippen molar-refractivity contribution in [3.8, 4) is 0 Å². The number of morpholine rings is 1. The van der Waals surface area contributed by atoms with Gasteiger partial charge in [-0.25, -0.2) is 0 Å². The summed E-state index contributed by atoms with van der Waals surface area (Å²) in [7, 11) is 3.91. The van der Waals surface area contributed by atoms with Gasteiger partial charge in [0.05, 0.1) is 11.0 Å². The number of piperidine rings is 1. The van der Waals surface area contributed by atoms with E-state index in [-0.39, 0.29) is 29.4 Å². The molecule has 0 aromatic heterocycles. The molecule has 3 rings (SSSR count). The maximum absolute atomic E-state index is 12.8. The Morgan fingerprint density at radius 2 is 1.77 bits per heavy atom. The van der Waals surface area contributed by atoms with Gasteiger partial charge in [0.1, 0.15) is 6.61 Å². The summed E-state index contributed by atoms with van der Waals surface area (Å²) in [5, 5.41) is 0. The molecule has 0 saturated carbocycles. The second-order valence-electron chi connectivity index (χ2n) is 7.56. The second-order valence-corrected chi connectivity index (χ2v) is 7.56. The Morgan fingerprint density at radius 1 is 1.09 bits per heavy atom. The van der Waals surface area contributed by atoms with Crippen LogP contribution < -0.4 is 0 Å². The number of rotatable bonds is 1. The van der Waals surface area contributed by atoms with Gasteiger partial charge in [0.2, 0.25) is 11.8 Å². The minimum atomic E-state index is -0.243. The quantitative estimate of drug-likeness (QED) is 0.693. The third-order valence-electron chi connectivity index (χ3n) is 5.60. The Morgan fingerprint density at radius 3 is 2.32 bits per heavy atom. The lowest BCUT2D eigenvalue weighted by Crippen LogP contribution is -2.59. The van der Waals surface area contributed by atoms with E-state index in [9.17, 15) is 9.59 Å². The molecule has 3 fully saturated rings. The highest BCUT2D eigenvalue weighted by atomic mass is 16.5. The molecule has 6 nitrogen and oxygen atoms in total. The molecule has 0 radical (unpaired) electrons. The van der Waals surface area contributed by atoms with Crippen LogP contribution in [0.15, 0.2) is 0 Å². The summed E-state index contributed by atoms with van der Waals surface area (Å²) in [6, 6.07) is 0. The predicted octanol–water partition coefficient (Wildman–Crippen LogP) is 0.178. The summed E-state index contributed by atoms with van der Waals surface area (Å²) in [4.78, 5) is 30.4. The summed E-state index contributed by atoms with van der Waals surface area (Å²) in [5.74, 6) is 0.331. The van der Waals surface area contributed by atoms with Gasteiger partial charge in [-0.2, -0.15) is 0 Å². The van der Waals surface area contributed by atoms with Gasteiger partial charge in [-0.15, -0.1) is 0 Å². The summed E-state index contributed by atoms with van der Waals surface area (Å²) in [6.45, 7) is 6.23. The molecule has 0 aliphatic carbocycles. The van der Waals surface area contributed by atoms with Crippen LogP contribution in [0.5, 0.6) is 0 Å². The molecular weight excluding hydrogens is 282 g/mol. The average Bonchev–Trinajstić information content (AvgIpc) is 2.84. The number of likely N-dealkylation sites (N-methyl/N-ethyl adjacent to an activating group) is 1. The van der Waals surface area contributed by atoms with Crippen molar-refractivity contribution in [3.63, 3.8) is 0 Å². The van der Waals surface area contributed by atoms with Crippen LogP contribution >= 0.6 is 0 Å². The largest absolute Gasteiger partial charge is 0.363 e. The molecule has 1 spiro atoms. The number of likely N-dealkylation sites (tertiary alicyclic amines) is 2. The lowest BCUT2D eigenvalue weighted by molar-refractivity contribution is -0.172. The SMILES string of the molecule is CN1CCC(C)(C(=O)N2CCC3(CC2)CN(C)C(=O)CO3)C1. The van der Waals surface area contributed by atoms with Crippen molar-refractivity contribution < 1.29 is 14.3 Å². The fourth-order valence-corrected chi connectivity index (χ4v) is 4.06. The van der Waals surface area contributed by atoms with E-state index in [1.165, 1.54) is 0 Å². The van der Waals surface area contributed by atoms with E-state index < -0.39 is 0 Å². The number of ether oxygens (including phenoxy) is 1. The van der Waals surface area contributed by atoms with Crippen molar-refractivity contribution in [2.45, 2.75) is 31.8 Å². The van der Waals surface area contributed by atoms with Crippen LogP contribution in [-0.4, -0.2) is 85.5 Å². The summed E-state index contributed by atoms with van der Waals surface area (Å²) in [6.07, 6.45) is 2.59. The van der Waals surface area contributed by atoms with E-state index in [1.807, 2.05) is 11.9 Å². The van der Waals surface area contributed by atoms with Crippen LogP contribution in [0, 0.1) is 5.41 Å². The molecule has 6 heteroatoms. The Kier molecular flexibility index (Phi) is 3.93. The van der Waals surface area contributed by atoms with Gasteiger partial charge in [-0.3, -0.25) is 9.59 Å². The molecule has 124 valence electrons. The van der Waals surface area contributed by atoms with Gasteiger partial charge in [0.25, 0.3) is 0 Å². The number of hydrogen-bond acceptors (Lipinski definition) is 4. The maximum atomic E-state index is 12.8. The lowest BCUT2D eigenvalue weighted by Gasteiger charge is -2.47. The Bertz CT molecular complexity index is 473. The second kappa shape index (κ2) is 5.49. The summed E-state index contributed by atoms with van der Waals surface area (Å²) < 4.78 is 5.85. The molecule has 1 atom stereocenters.